The summed E-state index contributed by atoms with van der Waals surface area (Å²) in [6, 6.07) is 4.54. The van der Waals surface area contributed by atoms with Crippen molar-refractivity contribution >= 4 is 22.6 Å². The lowest BCUT2D eigenvalue weighted by atomic mass is 10.1. The first-order valence-electron chi connectivity index (χ1n) is 3.50. The van der Waals surface area contributed by atoms with Gasteiger partial charge in [0.25, 0.3) is 0 Å². The highest BCUT2D eigenvalue weighted by Gasteiger charge is 2.08. The first-order chi connectivity index (χ1) is 5.65. The van der Waals surface area contributed by atoms with Crippen LogP contribution in [0.25, 0.3) is 0 Å². The first kappa shape index (κ1) is 9.76. The summed E-state index contributed by atoms with van der Waals surface area (Å²) < 4.78 is 0.870. The number of halogens is 1. The molecular weight excluding hydrogens is 269 g/mol. The van der Waals surface area contributed by atoms with Crippen molar-refractivity contribution in [3.8, 4) is 5.75 Å². The van der Waals surface area contributed by atoms with E-state index in [-0.39, 0.29) is 18.4 Å². The first-order valence-corrected chi connectivity index (χ1v) is 4.58. The summed E-state index contributed by atoms with van der Waals surface area (Å²) in [4.78, 5) is 0. The van der Waals surface area contributed by atoms with Crippen LogP contribution in [0, 0.1) is 3.57 Å². The van der Waals surface area contributed by atoms with Gasteiger partial charge in [-0.2, -0.15) is 0 Å². The lowest BCUT2D eigenvalue weighted by Crippen LogP contribution is -2.15. The maximum Gasteiger partial charge on any atom is 0.116 e. The van der Waals surface area contributed by atoms with Crippen molar-refractivity contribution in [1.82, 2.24) is 0 Å². The Morgan fingerprint density at radius 1 is 1.50 bits per heavy atom. The second-order valence-electron chi connectivity index (χ2n) is 2.49. The molecule has 0 heterocycles. The number of hydrogen-bond donors (Lipinski definition) is 3. The maximum atomic E-state index is 9.08. The summed E-state index contributed by atoms with van der Waals surface area (Å²) >= 11 is 2.07. The minimum Gasteiger partial charge on any atom is -0.508 e. The molecule has 1 aromatic carbocycles. The third kappa shape index (κ3) is 2.09. The van der Waals surface area contributed by atoms with Crippen LogP contribution >= 0.6 is 22.6 Å². The second-order valence-corrected chi connectivity index (χ2v) is 3.66. The molecule has 66 valence electrons. The van der Waals surface area contributed by atoms with Crippen molar-refractivity contribution in [2.45, 2.75) is 6.04 Å². The van der Waals surface area contributed by atoms with Crippen LogP contribution < -0.4 is 5.73 Å². The molecule has 0 fully saturated rings. The molecule has 0 spiro atoms. The Bertz CT molecular complexity index is 278. The fourth-order valence-corrected chi connectivity index (χ4v) is 1.81. The standard InChI is InChI=1S/C8H10INO2/c9-7-3-5(12)1-2-6(7)8(10)4-11/h1-3,8,11-12H,4,10H2/t8-/m1/s1. The Morgan fingerprint density at radius 3 is 2.67 bits per heavy atom. The molecular formula is C8H10INO2. The van der Waals surface area contributed by atoms with Gasteiger partial charge in [0.2, 0.25) is 0 Å². The van der Waals surface area contributed by atoms with Crippen LogP contribution in [0.4, 0.5) is 0 Å². The van der Waals surface area contributed by atoms with Crippen LogP contribution in [0.1, 0.15) is 11.6 Å². The van der Waals surface area contributed by atoms with Crippen LogP contribution in [-0.2, 0) is 0 Å². The summed E-state index contributed by atoms with van der Waals surface area (Å²) in [6.07, 6.45) is 0. The van der Waals surface area contributed by atoms with E-state index >= 15 is 0 Å². The number of aromatic hydroxyl groups is 1. The van der Waals surface area contributed by atoms with Gasteiger partial charge >= 0.3 is 0 Å². The fraction of sp³-hybridized carbons (Fsp3) is 0.250. The molecule has 1 aromatic rings. The van der Waals surface area contributed by atoms with E-state index in [0.717, 1.165) is 9.13 Å². The van der Waals surface area contributed by atoms with E-state index in [9.17, 15) is 0 Å². The number of aliphatic hydroxyl groups is 1. The Kier molecular flexibility index (Phi) is 3.30. The fourth-order valence-electron chi connectivity index (χ4n) is 0.915. The minimum absolute atomic E-state index is 0.0826. The molecule has 0 bridgehead atoms. The second kappa shape index (κ2) is 4.06. The Balaban J connectivity index is 3.01. The molecule has 4 heteroatoms. The topological polar surface area (TPSA) is 66.5 Å². The van der Waals surface area contributed by atoms with Gasteiger partial charge in [-0.1, -0.05) is 6.07 Å². The van der Waals surface area contributed by atoms with Gasteiger partial charge in [0.1, 0.15) is 5.75 Å². The van der Waals surface area contributed by atoms with Crippen molar-refractivity contribution in [3.63, 3.8) is 0 Å². The number of phenolic OH excluding ortho intramolecular Hbond substituents is 1. The van der Waals surface area contributed by atoms with Gasteiger partial charge < -0.3 is 15.9 Å². The number of aliphatic hydroxyl groups excluding tert-OH is 1. The van der Waals surface area contributed by atoms with E-state index in [0.29, 0.717) is 0 Å². The Hall–Kier alpha value is -0.330. The zero-order chi connectivity index (χ0) is 9.14. The van der Waals surface area contributed by atoms with E-state index in [1.807, 2.05) is 0 Å². The van der Waals surface area contributed by atoms with Crippen molar-refractivity contribution in [1.29, 1.82) is 0 Å². The quantitative estimate of drug-likeness (QED) is 0.707. The smallest absolute Gasteiger partial charge is 0.116 e. The summed E-state index contributed by atoms with van der Waals surface area (Å²) in [5, 5.41) is 17.9. The van der Waals surface area contributed by atoms with Crippen LogP contribution in [0.2, 0.25) is 0 Å². The van der Waals surface area contributed by atoms with Gasteiger partial charge in [0.05, 0.1) is 12.6 Å². The highest BCUT2D eigenvalue weighted by Crippen LogP contribution is 2.22. The minimum atomic E-state index is -0.363. The zero-order valence-corrected chi connectivity index (χ0v) is 8.52. The lowest BCUT2D eigenvalue weighted by molar-refractivity contribution is 0.267. The SMILES string of the molecule is N[C@H](CO)c1ccc(O)cc1I. The van der Waals surface area contributed by atoms with Crippen molar-refractivity contribution in [3.05, 3.63) is 27.3 Å². The Morgan fingerprint density at radius 2 is 2.17 bits per heavy atom. The monoisotopic (exact) mass is 279 g/mol. The van der Waals surface area contributed by atoms with Crippen molar-refractivity contribution < 1.29 is 10.2 Å². The third-order valence-electron chi connectivity index (χ3n) is 1.58. The van der Waals surface area contributed by atoms with E-state index in [4.69, 9.17) is 15.9 Å². The summed E-state index contributed by atoms with van der Waals surface area (Å²) in [5.74, 6) is 0.216. The van der Waals surface area contributed by atoms with E-state index in [1.165, 1.54) is 0 Å². The summed E-state index contributed by atoms with van der Waals surface area (Å²) in [5.41, 5.74) is 6.47. The largest absolute Gasteiger partial charge is 0.508 e. The molecule has 0 saturated heterocycles. The molecule has 0 aromatic heterocycles. The number of rotatable bonds is 2. The predicted molar refractivity (Wildman–Crippen MR) is 54.8 cm³/mol. The highest BCUT2D eigenvalue weighted by atomic mass is 127. The van der Waals surface area contributed by atoms with Crippen molar-refractivity contribution in [2.75, 3.05) is 6.61 Å². The van der Waals surface area contributed by atoms with Crippen LogP contribution in [0.5, 0.6) is 5.75 Å². The van der Waals surface area contributed by atoms with Crippen LogP contribution in [-0.4, -0.2) is 16.8 Å². The van der Waals surface area contributed by atoms with Gasteiger partial charge in [-0.15, -0.1) is 0 Å². The van der Waals surface area contributed by atoms with E-state index in [1.54, 1.807) is 18.2 Å². The number of hydrogen-bond acceptors (Lipinski definition) is 3. The van der Waals surface area contributed by atoms with Gasteiger partial charge in [-0.05, 0) is 40.3 Å². The number of phenols is 1. The van der Waals surface area contributed by atoms with Crippen LogP contribution in [0.15, 0.2) is 18.2 Å². The summed E-state index contributed by atoms with van der Waals surface area (Å²) in [6.45, 7) is -0.0826. The molecule has 0 aliphatic rings. The lowest BCUT2D eigenvalue weighted by Gasteiger charge is -2.10. The molecule has 0 radical (unpaired) electrons. The average molecular weight is 279 g/mol. The van der Waals surface area contributed by atoms with E-state index in [2.05, 4.69) is 22.6 Å². The molecule has 0 amide bonds. The normalized spacial score (nSPS) is 12.9. The van der Waals surface area contributed by atoms with Gasteiger partial charge in [-0.3, -0.25) is 0 Å². The van der Waals surface area contributed by atoms with Gasteiger partial charge in [0.15, 0.2) is 0 Å². The van der Waals surface area contributed by atoms with Gasteiger partial charge in [0, 0.05) is 3.57 Å². The molecule has 1 rings (SSSR count). The molecule has 0 aliphatic carbocycles. The number of nitrogens with two attached hydrogens (primary N) is 1. The molecule has 3 nitrogen and oxygen atoms in total. The number of benzene rings is 1. The van der Waals surface area contributed by atoms with Gasteiger partial charge in [-0.25, -0.2) is 0 Å². The predicted octanol–water partition coefficient (Wildman–Crippen LogP) is 0.989. The molecule has 1 atom stereocenters. The molecule has 0 aliphatic heterocycles. The van der Waals surface area contributed by atoms with Crippen LogP contribution in [0.3, 0.4) is 0 Å². The molecule has 0 unspecified atom stereocenters. The summed E-state index contributed by atoms with van der Waals surface area (Å²) in [7, 11) is 0. The van der Waals surface area contributed by atoms with Crippen molar-refractivity contribution in [2.24, 2.45) is 5.73 Å². The Labute approximate surface area is 84.4 Å². The molecule has 0 saturated carbocycles. The zero-order valence-electron chi connectivity index (χ0n) is 6.37. The average Bonchev–Trinajstić information content (AvgIpc) is 2.03. The third-order valence-corrected chi connectivity index (χ3v) is 2.51. The molecule has 4 N–H and O–H groups in total. The van der Waals surface area contributed by atoms with E-state index < -0.39 is 0 Å². The highest BCUT2D eigenvalue weighted by molar-refractivity contribution is 14.1. The molecule has 12 heavy (non-hydrogen) atoms. The maximum absolute atomic E-state index is 9.08.